The number of benzene rings is 2. The lowest BCUT2D eigenvalue weighted by molar-refractivity contribution is -0.118. The number of hydrogen-bond donors (Lipinski definition) is 1. The molecule has 2 aromatic carbocycles. The lowest BCUT2D eigenvalue weighted by Crippen LogP contribution is -2.21. The molecule has 0 saturated heterocycles. The first-order valence-electron chi connectivity index (χ1n) is 9.31. The zero-order valence-corrected chi connectivity index (χ0v) is 18.5. The van der Waals surface area contributed by atoms with Crippen LogP contribution in [0.15, 0.2) is 58.8 Å². The van der Waals surface area contributed by atoms with E-state index in [1.807, 2.05) is 66.9 Å². The van der Waals surface area contributed by atoms with Gasteiger partial charge in [0.15, 0.2) is 11.0 Å². The zero-order chi connectivity index (χ0) is 21.5. The van der Waals surface area contributed by atoms with Crippen molar-refractivity contribution >= 4 is 35.0 Å². The van der Waals surface area contributed by atoms with E-state index in [1.165, 1.54) is 11.8 Å². The molecule has 0 atom stereocenters. The van der Waals surface area contributed by atoms with Gasteiger partial charge in [0.2, 0.25) is 0 Å². The summed E-state index contributed by atoms with van der Waals surface area (Å²) >= 11 is 7.27. The smallest absolute Gasteiger partial charge is 0.250 e. The van der Waals surface area contributed by atoms with Gasteiger partial charge in [-0.2, -0.15) is 5.10 Å². The summed E-state index contributed by atoms with van der Waals surface area (Å²) in [5.41, 5.74) is 5.07. The van der Waals surface area contributed by atoms with Gasteiger partial charge in [-0.05, 0) is 50.2 Å². The molecule has 0 aliphatic rings. The Kier molecular flexibility index (Phi) is 7.48. The van der Waals surface area contributed by atoms with Crippen molar-refractivity contribution in [1.82, 2.24) is 20.2 Å². The van der Waals surface area contributed by atoms with E-state index >= 15 is 0 Å². The zero-order valence-electron chi connectivity index (χ0n) is 16.9. The molecule has 3 rings (SSSR count). The van der Waals surface area contributed by atoms with Crippen LogP contribution in [0.2, 0.25) is 5.02 Å². The first kappa shape index (κ1) is 21.9. The van der Waals surface area contributed by atoms with Gasteiger partial charge in [-0.1, -0.05) is 35.5 Å². The van der Waals surface area contributed by atoms with Crippen molar-refractivity contribution < 1.29 is 9.53 Å². The molecule has 0 radical (unpaired) electrons. The van der Waals surface area contributed by atoms with Gasteiger partial charge in [-0.3, -0.25) is 4.79 Å². The Morgan fingerprint density at radius 1 is 1.23 bits per heavy atom. The molecule has 7 nitrogen and oxygen atoms in total. The molecular formula is C21H22ClN5O2S. The number of rotatable bonds is 8. The lowest BCUT2D eigenvalue weighted by Gasteiger charge is -2.07. The van der Waals surface area contributed by atoms with Gasteiger partial charge >= 0.3 is 0 Å². The van der Waals surface area contributed by atoms with E-state index in [0.29, 0.717) is 22.4 Å². The van der Waals surface area contributed by atoms with Gasteiger partial charge in [0.05, 0.1) is 18.6 Å². The number of carbonyl (C=O) groups is 1. The Labute approximate surface area is 184 Å². The fourth-order valence-electron chi connectivity index (χ4n) is 2.71. The fraction of sp³-hybridized carbons (Fsp3) is 0.238. The topological polar surface area (TPSA) is 81.4 Å². The number of nitrogens with one attached hydrogen (secondary N) is 1. The maximum absolute atomic E-state index is 12.3. The van der Waals surface area contributed by atoms with Crippen LogP contribution in [0.5, 0.6) is 5.75 Å². The summed E-state index contributed by atoms with van der Waals surface area (Å²) in [7, 11) is 1.61. The first-order chi connectivity index (χ1) is 14.5. The quantitative estimate of drug-likeness (QED) is 0.319. The normalized spacial score (nSPS) is 11.4. The summed E-state index contributed by atoms with van der Waals surface area (Å²) < 4.78 is 7.18. The van der Waals surface area contributed by atoms with E-state index in [0.717, 1.165) is 22.7 Å². The van der Waals surface area contributed by atoms with Crippen molar-refractivity contribution in [3.05, 3.63) is 59.1 Å². The molecule has 0 spiro atoms. The van der Waals surface area contributed by atoms with Crippen LogP contribution in [0.4, 0.5) is 0 Å². The summed E-state index contributed by atoms with van der Waals surface area (Å²) in [6, 6.07) is 14.9. The molecular weight excluding hydrogens is 422 g/mol. The summed E-state index contributed by atoms with van der Waals surface area (Å²) in [4.78, 5) is 12.3. The molecule has 0 bridgehead atoms. The van der Waals surface area contributed by atoms with Crippen molar-refractivity contribution in [3.8, 4) is 17.1 Å². The summed E-state index contributed by atoms with van der Waals surface area (Å²) in [5, 5.41) is 14.0. The Bertz CT molecular complexity index is 1050. The van der Waals surface area contributed by atoms with Gasteiger partial charge in [-0.25, -0.2) is 5.43 Å². The number of hydrogen-bond acceptors (Lipinski definition) is 6. The monoisotopic (exact) mass is 443 g/mol. The molecule has 1 amide bonds. The van der Waals surface area contributed by atoms with Crippen LogP contribution < -0.4 is 10.2 Å². The number of methoxy groups -OCH3 is 1. The van der Waals surface area contributed by atoms with Gasteiger partial charge in [0.25, 0.3) is 5.91 Å². The van der Waals surface area contributed by atoms with Gasteiger partial charge < -0.3 is 9.30 Å². The van der Waals surface area contributed by atoms with Crippen LogP contribution in [0, 0.1) is 0 Å². The maximum Gasteiger partial charge on any atom is 0.250 e. The van der Waals surface area contributed by atoms with E-state index in [1.54, 1.807) is 7.11 Å². The summed E-state index contributed by atoms with van der Waals surface area (Å²) in [5.74, 6) is 1.43. The maximum atomic E-state index is 12.3. The van der Waals surface area contributed by atoms with Crippen LogP contribution in [0.1, 0.15) is 19.4 Å². The highest BCUT2D eigenvalue weighted by molar-refractivity contribution is 7.99. The average Bonchev–Trinajstić information content (AvgIpc) is 3.19. The average molecular weight is 444 g/mol. The first-order valence-corrected chi connectivity index (χ1v) is 10.7. The molecule has 0 unspecified atom stereocenters. The molecule has 0 saturated carbocycles. The number of hydrazone groups is 1. The van der Waals surface area contributed by atoms with Gasteiger partial charge in [-0.15, -0.1) is 10.2 Å². The number of halogens is 1. The second-order valence-corrected chi connectivity index (χ2v) is 7.69. The van der Waals surface area contributed by atoms with E-state index in [2.05, 4.69) is 20.7 Å². The second-order valence-electron chi connectivity index (χ2n) is 6.31. The number of aromatic nitrogens is 3. The molecule has 1 N–H and O–H groups in total. The van der Waals surface area contributed by atoms with Crippen molar-refractivity contribution in [3.63, 3.8) is 0 Å². The van der Waals surface area contributed by atoms with E-state index in [4.69, 9.17) is 16.3 Å². The third-order valence-electron chi connectivity index (χ3n) is 4.30. The summed E-state index contributed by atoms with van der Waals surface area (Å²) in [6.07, 6.45) is 0. The molecule has 9 heteroatoms. The predicted molar refractivity (Wildman–Crippen MR) is 120 cm³/mol. The highest BCUT2D eigenvalue weighted by atomic mass is 35.5. The standard InChI is InChI=1S/C21H22ClN5O2S/c1-4-27-20(15-8-10-17(22)11-9-15)25-26-21(27)30-13-19(28)24-23-14(2)16-6-5-7-18(12-16)29-3/h5-12H,4,13H2,1-3H3,(H,24,28). The number of carbonyl (C=O) groups excluding carboxylic acids is 1. The third-order valence-corrected chi connectivity index (χ3v) is 5.52. The van der Waals surface area contributed by atoms with Crippen molar-refractivity contribution in [2.45, 2.75) is 25.5 Å². The molecule has 0 fully saturated rings. The van der Waals surface area contributed by atoms with Gasteiger partial charge in [0.1, 0.15) is 5.75 Å². The summed E-state index contributed by atoms with van der Waals surface area (Å²) in [6.45, 7) is 4.52. The van der Waals surface area contributed by atoms with Crippen LogP contribution in [0.25, 0.3) is 11.4 Å². The molecule has 1 heterocycles. The third kappa shape index (κ3) is 5.40. The Balaban J connectivity index is 1.62. The van der Waals surface area contributed by atoms with Crippen LogP contribution in [-0.2, 0) is 11.3 Å². The Hall–Kier alpha value is -2.84. The molecule has 156 valence electrons. The van der Waals surface area contributed by atoms with Crippen LogP contribution >= 0.6 is 23.4 Å². The highest BCUT2D eigenvalue weighted by Crippen LogP contribution is 2.25. The van der Waals surface area contributed by atoms with E-state index in [-0.39, 0.29) is 11.7 Å². The van der Waals surface area contributed by atoms with Gasteiger partial charge in [0, 0.05) is 22.7 Å². The SMILES string of the molecule is CCn1c(SCC(=O)NN=C(C)c2cccc(OC)c2)nnc1-c1ccc(Cl)cc1. The van der Waals surface area contributed by atoms with Crippen molar-refractivity contribution in [2.75, 3.05) is 12.9 Å². The second kappa shape index (κ2) is 10.3. The Morgan fingerprint density at radius 2 is 2.00 bits per heavy atom. The molecule has 30 heavy (non-hydrogen) atoms. The minimum atomic E-state index is -0.221. The van der Waals surface area contributed by atoms with Crippen molar-refractivity contribution in [1.29, 1.82) is 0 Å². The number of ether oxygens (including phenoxy) is 1. The number of thioether (sulfide) groups is 1. The number of nitrogens with zero attached hydrogens (tertiary/aromatic N) is 4. The number of amides is 1. The fourth-order valence-corrected chi connectivity index (χ4v) is 3.63. The predicted octanol–water partition coefficient (Wildman–Crippen LogP) is 4.26. The Morgan fingerprint density at radius 3 is 2.70 bits per heavy atom. The molecule has 0 aliphatic carbocycles. The minimum absolute atomic E-state index is 0.174. The lowest BCUT2D eigenvalue weighted by atomic mass is 10.1. The van der Waals surface area contributed by atoms with E-state index < -0.39 is 0 Å². The minimum Gasteiger partial charge on any atom is -0.497 e. The molecule has 0 aliphatic heterocycles. The van der Waals surface area contributed by atoms with Crippen LogP contribution in [-0.4, -0.2) is 39.2 Å². The van der Waals surface area contributed by atoms with Crippen molar-refractivity contribution in [2.24, 2.45) is 5.10 Å². The molecule has 3 aromatic rings. The largest absolute Gasteiger partial charge is 0.497 e. The highest BCUT2D eigenvalue weighted by Gasteiger charge is 2.14. The van der Waals surface area contributed by atoms with Crippen LogP contribution in [0.3, 0.4) is 0 Å². The van der Waals surface area contributed by atoms with E-state index in [9.17, 15) is 4.79 Å². The molecule has 1 aromatic heterocycles.